The van der Waals surface area contributed by atoms with Gasteiger partial charge in [-0.3, -0.25) is 4.79 Å². The van der Waals surface area contributed by atoms with Crippen molar-refractivity contribution in [3.05, 3.63) is 106 Å². The summed E-state index contributed by atoms with van der Waals surface area (Å²) in [7, 11) is 0. The Morgan fingerprint density at radius 1 is 0.862 bits per heavy atom. The topological polar surface area (TPSA) is 103 Å². The van der Waals surface area contributed by atoms with Crippen LogP contribution in [0.25, 0.3) is 11.3 Å². The summed E-state index contributed by atoms with van der Waals surface area (Å²) < 4.78 is 47.7. The van der Waals surface area contributed by atoms with Crippen molar-refractivity contribution < 1.29 is 37.4 Å². The smallest absolute Gasteiger partial charge is 0.416 e. The predicted octanol–water partition coefficient (Wildman–Crippen LogP) is 12.4. The molecule has 346 valence electrons. The summed E-state index contributed by atoms with van der Waals surface area (Å²) in [5.74, 6) is 1.68. The van der Waals surface area contributed by atoms with E-state index in [9.17, 15) is 28.2 Å². The Balaban J connectivity index is 0.959. The van der Waals surface area contributed by atoms with Gasteiger partial charge in [0.1, 0.15) is 5.76 Å². The van der Waals surface area contributed by atoms with Gasteiger partial charge in [0.05, 0.1) is 34.9 Å². The number of nitrogens with zero attached hydrogens (tertiary/aromatic N) is 1. The molecule has 6 bridgehead atoms. The molecule has 65 heavy (non-hydrogen) atoms. The number of benzene rings is 2. The van der Waals surface area contributed by atoms with Gasteiger partial charge in [-0.1, -0.05) is 74.0 Å². The van der Waals surface area contributed by atoms with Crippen LogP contribution in [0.15, 0.2) is 88.9 Å². The average molecular weight is 912 g/mol. The Bertz CT molecular complexity index is 2450. The Labute approximate surface area is 385 Å². The van der Waals surface area contributed by atoms with Gasteiger partial charge in [0.15, 0.2) is 5.76 Å². The minimum Gasteiger partial charge on any atom is -0.453 e. The van der Waals surface area contributed by atoms with Crippen molar-refractivity contribution in [1.29, 1.82) is 0 Å². The van der Waals surface area contributed by atoms with E-state index in [1.54, 1.807) is 0 Å². The number of halogens is 4. The van der Waals surface area contributed by atoms with Crippen LogP contribution in [0.3, 0.4) is 0 Å². The third kappa shape index (κ3) is 6.55. The zero-order chi connectivity index (χ0) is 45.5. The largest absolute Gasteiger partial charge is 0.453 e. The lowest BCUT2D eigenvalue weighted by atomic mass is 9.32. The summed E-state index contributed by atoms with van der Waals surface area (Å²) in [6.45, 7) is 7.35. The highest BCUT2D eigenvalue weighted by atomic mass is 35.5. The van der Waals surface area contributed by atoms with E-state index < -0.39 is 39.7 Å². The van der Waals surface area contributed by atoms with Gasteiger partial charge in [0.25, 0.3) is 0 Å². The molecule has 7 saturated carbocycles. The first kappa shape index (κ1) is 43.7. The lowest BCUT2D eigenvalue weighted by Gasteiger charge is -2.71. The van der Waals surface area contributed by atoms with Crippen molar-refractivity contribution in [2.75, 3.05) is 13.1 Å². The second kappa shape index (κ2) is 14.8. The van der Waals surface area contributed by atoms with Crippen LogP contribution < -0.4 is 5.32 Å². The number of aliphatic hydroxyl groups excluding tert-OH is 1. The van der Waals surface area contributed by atoms with E-state index >= 15 is 4.79 Å². The van der Waals surface area contributed by atoms with Crippen LogP contribution in [0.1, 0.15) is 132 Å². The molecule has 9 atom stereocenters. The number of fused-ring (bicyclic) bond motifs is 1. The number of carbonyl (C=O) groups excluding carboxylic acids is 2. The summed E-state index contributed by atoms with van der Waals surface area (Å²) in [4.78, 5) is 32.2. The second-order valence-corrected chi connectivity index (χ2v) is 23.3. The summed E-state index contributed by atoms with van der Waals surface area (Å²) in [6.07, 6.45) is 13.2. The molecule has 11 heteroatoms. The molecule has 3 N–H and O–H groups in total. The Morgan fingerprint density at radius 3 is 2.22 bits per heavy atom. The first-order chi connectivity index (χ1) is 30.8. The average Bonchev–Trinajstić information content (AvgIpc) is 3.85. The number of urea groups is 1. The number of carbonyl (C=O) groups is 2. The number of rotatable bonds is 9. The molecule has 10 aliphatic rings. The fourth-order valence-corrected chi connectivity index (χ4v) is 16.9. The van der Waals surface area contributed by atoms with Gasteiger partial charge in [0, 0.05) is 33.9 Å². The molecule has 7 fully saturated rings. The van der Waals surface area contributed by atoms with Crippen molar-refractivity contribution in [2.45, 2.75) is 128 Å². The van der Waals surface area contributed by atoms with Gasteiger partial charge in [-0.25, -0.2) is 4.79 Å². The summed E-state index contributed by atoms with van der Waals surface area (Å²) in [6, 6.07) is 15.7. The number of hydrogen-bond donors (Lipinski definition) is 3. The van der Waals surface area contributed by atoms with Crippen molar-refractivity contribution in [3.63, 3.8) is 0 Å². The molecule has 0 radical (unpaired) electrons. The van der Waals surface area contributed by atoms with E-state index in [4.69, 9.17) is 16.0 Å². The highest BCUT2D eigenvalue weighted by Gasteiger charge is 2.75. The van der Waals surface area contributed by atoms with Gasteiger partial charge in [-0.2, -0.15) is 13.2 Å². The van der Waals surface area contributed by atoms with Crippen LogP contribution in [0, 0.1) is 56.7 Å². The first-order valence-corrected chi connectivity index (χ1v) is 24.6. The summed E-state index contributed by atoms with van der Waals surface area (Å²) >= 11 is 6.45. The molecule has 3 aromatic rings. The van der Waals surface area contributed by atoms with E-state index in [2.05, 4.69) is 37.4 Å². The van der Waals surface area contributed by atoms with Crippen LogP contribution in [-0.2, 0) is 6.18 Å². The van der Waals surface area contributed by atoms with Gasteiger partial charge >= 0.3 is 12.2 Å². The third-order valence-electron chi connectivity index (χ3n) is 19.4. The monoisotopic (exact) mass is 910 g/mol. The summed E-state index contributed by atoms with van der Waals surface area (Å²) in [5, 5.41) is 28.2. The number of nitrogens with one attached hydrogen (secondary N) is 1. The molecule has 1 aromatic heterocycles. The highest BCUT2D eigenvalue weighted by molar-refractivity contribution is 6.33. The Kier molecular flexibility index (Phi) is 9.96. The maximum Gasteiger partial charge on any atom is 0.416 e. The van der Waals surface area contributed by atoms with E-state index in [-0.39, 0.29) is 69.2 Å². The number of hydrogen-bond acceptors (Lipinski definition) is 5. The zero-order valence-corrected chi connectivity index (χ0v) is 38.5. The SMILES string of the molecule is CC(NC(=O)N(CC12CC3CC(CC(C3)C1)C2)CC1(O)CCC2C34C=CC5(C=C3C(=O)c3ccc(-c6cc(C(F)(F)F)ccc6Cl)o3)CC(O)CCC5(C)C4CCC21C)c1ccccc1. The molecule has 2 aromatic carbocycles. The van der Waals surface area contributed by atoms with Crippen molar-refractivity contribution in [2.24, 2.45) is 56.7 Å². The van der Waals surface area contributed by atoms with E-state index in [1.165, 1.54) is 37.5 Å². The third-order valence-corrected chi connectivity index (χ3v) is 19.7. The standard InChI is InChI=1S/C54H62ClF3N2O5/c1-32(36-7-5-4-6-8-36)59-47(63)60(30-50-25-33-21-34(26-50)23-35(22-33)27-50)31-52(64)18-15-45-49(52,3)17-14-44-48(2)16-13-38(61)28-51(48)19-20-53(44,45)40(29-51)46(62)43-12-11-42(65-43)39-24-37(54(56,57)58)9-10-41(39)55/h4-12,19-20,24,29,32-35,38,44-45,61,64H,13-18,21-23,25-28,30-31H2,1-3H3,(H,59,63). The van der Waals surface area contributed by atoms with Crippen LogP contribution >= 0.6 is 11.6 Å². The fraction of sp³-hybridized carbons (Fsp3) is 0.593. The van der Waals surface area contributed by atoms with E-state index in [0.717, 1.165) is 56.2 Å². The molecule has 0 saturated heterocycles. The molecule has 7 nitrogen and oxygen atoms in total. The number of alkyl halides is 3. The molecule has 13 rings (SSSR count). The number of ketones is 1. The molecule has 0 aliphatic heterocycles. The van der Waals surface area contributed by atoms with Crippen LogP contribution in [-0.4, -0.2) is 51.7 Å². The normalized spacial score (nSPS) is 40.2. The quantitative estimate of drug-likeness (QED) is 0.147. The number of furan rings is 1. The Morgan fingerprint density at radius 2 is 1.52 bits per heavy atom. The van der Waals surface area contributed by atoms with Crippen molar-refractivity contribution >= 4 is 23.4 Å². The number of amides is 2. The molecule has 2 amide bonds. The van der Waals surface area contributed by atoms with Crippen molar-refractivity contribution in [3.8, 4) is 11.3 Å². The van der Waals surface area contributed by atoms with Crippen LogP contribution in [0.2, 0.25) is 5.02 Å². The minimum absolute atomic E-state index is 0.00903. The predicted molar refractivity (Wildman–Crippen MR) is 243 cm³/mol. The van der Waals surface area contributed by atoms with Gasteiger partial charge in [0.2, 0.25) is 5.78 Å². The number of allylic oxidation sites excluding steroid dienone is 4. The molecule has 1 heterocycles. The fourth-order valence-electron chi connectivity index (χ4n) is 16.7. The molecular formula is C54H62ClF3N2O5. The Hall–Kier alpha value is -3.86. The molecule has 10 aliphatic carbocycles. The second-order valence-electron chi connectivity index (χ2n) is 22.9. The minimum atomic E-state index is -4.60. The van der Waals surface area contributed by atoms with E-state index in [1.807, 2.05) is 42.2 Å². The first-order valence-electron chi connectivity index (χ1n) is 24.3. The van der Waals surface area contributed by atoms with Gasteiger partial charge in [-0.15, -0.1) is 0 Å². The van der Waals surface area contributed by atoms with Crippen LogP contribution in [0.5, 0.6) is 0 Å². The molecule has 2 spiro atoms. The number of Topliss-reactive ketones (excluding diaryl/α,β-unsaturated/α-hetero) is 1. The highest BCUT2D eigenvalue weighted by Crippen LogP contribution is 2.78. The van der Waals surface area contributed by atoms with Crippen LogP contribution in [0.4, 0.5) is 18.0 Å². The lowest BCUT2D eigenvalue weighted by molar-refractivity contribution is -0.176. The maximum atomic E-state index is 15.3. The lowest BCUT2D eigenvalue weighted by Crippen LogP contribution is -2.67. The maximum absolute atomic E-state index is 15.3. The van der Waals surface area contributed by atoms with Crippen molar-refractivity contribution in [1.82, 2.24) is 10.2 Å². The van der Waals surface area contributed by atoms with Gasteiger partial charge in [-0.05, 0) is 167 Å². The molecule has 9 unspecified atom stereocenters. The molecular weight excluding hydrogens is 849 g/mol. The number of aliphatic hydroxyl groups is 2. The van der Waals surface area contributed by atoms with Gasteiger partial charge < -0.3 is 24.8 Å². The zero-order valence-electron chi connectivity index (χ0n) is 37.7. The summed E-state index contributed by atoms with van der Waals surface area (Å²) in [5.41, 5.74) is -2.81. The van der Waals surface area contributed by atoms with E-state index in [0.29, 0.717) is 55.6 Å².